The molecule has 0 aromatic heterocycles. The SMILES string of the molecule is C=CCCC(C)NCC(=O)NC1CCCC1. The molecule has 3 heteroatoms. The van der Waals surface area contributed by atoms with E-state index in [1.165, 1.54) is 12.8 Å². The Labute approximate surface area is 98.7 Å². The lowest BCUT2D eigenvalue weighted by Crippen LogP contribution is -2.41. The Kier molecular flexibility index (Phi) is 6.16. The summed E-state index contributed by atoms with van der Waals surface area (Å²) in [6.45, 7) is 6.23. The van der Waals surface area contributed by atoms with E-state index in [2.05, 4.69) is 24.1 Å². The van der Waals surface area contributed by atoms with Gasteiger partial charge in [0.25, 0.3) is 0 Å². The molecule has 1 aliphatic rings. The fourth-order valence-electron chi connectivity index (χ4n) is 2.09. The van der Waals surface area contributed by atoms with Gasteiger partial charge < -0.3 is 10.6 Å². The summed E-state index contributed by atoms with van der Waals surface area (Å²) in [7, 11) is 0. The van der Waals surface area contributed by atoms with E-state index in [0.717, 1.165) is 25.7 Å². The minimum Gasteiger partial charge on any atom is -0.352 e. The average Bonchev–Trinajstić information content (AvgIpc) is 2.76. The van der Waals surface area contributed by atoms with E-state index in [4.69, 9.17) is 0 Å². The summed E-state index contributed by atoms with van der Waals surface area (Å²) in [5, 5.41) is 6.30. The van der Waals surface area contributed by atoms with Crippen molar-refractivity contribution in [3.8, 4) is 0 Å². The smallest absolute Gasteiger partial charge is 0.234 e. The molecule has 0 saturated heterocycles. The Hall–Kier alpha value is -0.830. The van der Waals surface area contributed by atoms with Crippen molar-refractivity contribution in [3.05, 3.63) is 12.7 Å². The second-order valence-electron chi connectivity index (χ2n) is 4.70. The third kappa shape index (κ3) is 5.31. The molecule has 0 spiro atoms. The van der Waals surface area contributed by atoms with Crippen LogP contribution in [0.4, 0.5) is 0 Å². The van der Waals surface area contributed by atoms with Crippen molar-refractivity contribution in [1.82, 2.24) is 10.6 Å². The molecule has 1 rings (SSSR count). The van der Waals surface area contributed by atoms with E-state index in [1.54, 1.807) is 0 Å². The Morgan fingerprint density at radius 3 is 2.81 bits per heavy atom. The maximum Gasteiger partial charge on any atom is 0.234 e. The quantitative estimate of drug-likeness (QED) is 0.649. The number of carbonyl (C=O) groups excluding carboxylic acids is 1. The molecule has 1 unspecified atom stereocenters. The highest BCUT2D eigenvalue weighted by molar-refractivity contribution is 5.78. The number of hydrogen-bond donors (Lipinski definition) is 2. The first-order valence-corrected chi connectivity index (χ1v) is 6.36. The molecule has 16 heavy (non-hydrogen) atoms. The Bertz CT molecular complexity index is 222. The molecule has 1 aliphatic carbocycles. The van der Waals surface area contributed by atoms with Gasteiger partial charge in [0.2, 0.25) is 5.91 Å². The summed E-state index contributed by atoms with van der Waals surface area (Å²) < 4.78 is 0. The predicted molar refractivity (Wildman–Crippen MR) is 67.3 cm³/mol. The van der Waals surface area contributed by atoms with E-state index >= 15 is 0 Å². The zero-order valence-corrected chi connectivity index (χ0v) is 10.3. The van der Waals surface area contributed by atoms with Crippen molar-refractivity contribution < 1.29 is 4.79 Å². The van der Waals surface area contributed by atoms with Crippen molar-refractivity contribution in [1.29, 1.82) is 0 Å². The van der Waals surface area contributed by atoms with Gasteiger partial charge in [0.05, 0.1) is 6.54 Å². The van der Waals surface area contributed by atoms with E-state index in [-0.39, 0.29) is 5.91 Å². The highest BCUT2D eigenvalue weighted by Crippen LogP contribution is 2.17. The topological polar surface area (TPSA) is 41.1 Å². The van der Waals surface area contributed by atoms with Gasteiger partial charge in [-0.2, -0.15) is 0 Å². The molecule has 0 aromatic rings. The van der Waals surface area contributed by atoms with Gasteiger partial charge in [-0.15, -0.1) is 6.58 Å². The van der Waals surface area contributed by atoms with Gasteiger partial charge >= 0.3 is 0 Å². The summed E-state index contributed by atoms with van der Waals surface area (Å²) >= 11 is 0. The normalized spacial score (nSPS) is 18.3. The number of hydrogen-bond acceptors (Lipinski definition) is 2. The second kappa shape index (κ2) is 7.44. The third-order valence-corrected chi connectivity index (χ3v) is 3.14. The lowest BCUT2D eigenvalue weighted by molar-refractivity contribution is -0.121. The minimum absolute atomic E-state index is 0.136. The molecule has 92 valence electrons. The van der Waals surface area contributed by atoms with Gasteiger partial charge in [0.15, 0.2) is 0 Å². The van der Waals surface area contributed by atoms with Crippen LogP contribution in [0.1, 0.15) is 45.4 Å². The summed E-state index contributed by atoms with van der Waals surface area (Å²) in [6.07, 6.45) is 8.77. The minimum atomic E-state index is 0.136. The Morgan fingerprint density at radius 1 is 1.50 bits per heavy atom. The summed E-state index contributed by atoms with van der Waals surface area (Å²) in [4.78, 5) is 11.6. The summed E-state index contributed by atoms with van der Waals surface area (Å²) in [5.41, 5.74) is 0. The molecule has 1 amide bonds. The highest BCUT2D eigenvalue weighted by atomic mass is 16.1. The lowest BCUT2D eigenvalue weighted by Gasteiger charge is -2.15. The first-order valence-electron chi connectivity index (χ1n) is 6.36. The number of carbonyl (C=O) groups is 1. The average molecular weight is 224 g/mol. The van der Waals surface area contributed by atoms with E-state index in [0.29, 0.717) is 18.6 Å². The molecule has 0 radical (unpaired) electrons. The Morgan fingerprint density at radius 2 is 2.19 bits per heavy atom. The molecule has 2 N–H and O–H groups in total. The number of rotatable bonds is 7. The van der Waals surface area contributed by atoms with Crippen LogP contribution in [-0.4, -0.2) is 24.5 Å². The number of amides is 1. The maximum absolute atomic E-state index is 11.6. The second-order valence-corrected chi connectivity index (χ2v) is 4.70. The van der Waals surface area contributed by atoms with Gasteiger partial charge in [-0.05, 0) is 32.6 Å². The van der Waals surface area contributed by atoms with Crippen LogP contribution in [0.2, 0.25) is 0 Å². The lowest BCUT2D eigenvalue weighted by atomic mass is 10.2. The van der Waals surface area contributed by atoms with Crippen molar-refractivity contribution in [2.45, 2.75) is 57.5 Å². The Balaban J connectivity index is 2.06. The molecule has 1 atom stereocenters. The van der Waals surface area contributed by atoms with Crippen molar-refractivity contribution in [2.24, 2.45) is 0 Å². The molecular weight excluding hydrogens is 200 g/mol. The molecular formula is C13H24N2O. The highest BCUT2D eigenvalue weighted by Gasteiger charge is 2.16. The monoisotopic (exact) mass is 224 g/mol. The van der Waals surface area contributed by atoms with E-state index in [1.807, 2.05) is 6.08 Å². The first kappa shape index (κ1) is 13.2. The zero-order chi connectivity index (χ0) is 11.8. The number of allylic oxidation sites excluding steroid dienone is 1. The zero-order valence-electron chi connectivity index (χ0n) is 10.3. The van der Waals surface area contributed by atoms with Gasteiger partial charge in [-0.25, -0.2) is 0 Å². The van der Waals surface area contributed by atoms with Crippen LogP contribution in [0.25, 0.3) is 0 Å². The van der Waals surface area contributed by atoms with Crippen LogP contribution in [-0.2, 0) is 4.79 Å². The standard InChI is InChI=1S/C13H24N2O/c1-3-4-7-11(2)14-10-13(16)15-12-8-5-6-9-12/h3,11-12,14H,1,4-10H2,2H3,(H,15,16). The summed E-state index contributed by atoms with van der Waals surface area (Å²) in [6, 6.07) is 0.810. The number of nitrogens with one attached hydrogen (secondary N) is 2. The van der Waals surface area contributed by atoms with Crippen LogP contribution in [0.5, 0.6) is 0 Å². The van der Waals surface area contributed by atoms with Crippen LogP contribution >= 0.6 is 0 Å². The van der Waals surface area contributed by atoms with Crippen molar-refractivity contribution >= 4 is 5.91 Å². The predicted octanol–water partition coefficient (Wildman–Crippen LogP) is 1.99. The molecule has 0 aliphatic heterocycles. The summed E-state index contributed by atoms with van der Waals surface area (Å²) in [5.74, 6) is 0.136. The maximum atomic E-state index is 11.6. The van der Waals surface area contributed by atoms with Crippen LogP contribution in [0, 0.1) is 0 Å². The van der Waals surface area contributed by atoms with Crippen molar-refractivity contribution in [3.63, 3.8) is 0 Å². The molecule has 3 nitrogen and oxygen atoms in total. The fourth-order valence-corrected chi connectivity index (χ4v) is 2.09. The van der Waals surface area contributed by atoms with Crippen LogP contribution in [0.3, 0.4) is 0 Å². The molecule has 0 heterocycles. The van der Waals surface area contributed by atoms with E-state index < -0.39 is 0 Å². The van der Waals surface area contributed by atoms with Crippen LogP contribution < -0.4 is 10.6 Å². The molecule has 0 bridgehead atoms. The van der Waals surface area contributed by atoms with E-state index in [9.17, 15) is 4.79 Å². The molecule has 0 aromatic carbocycles. The first-order chi connectivity index (χ1) is 7.72. The van der Waals surface area contributed by atoms with Gasteiger partial charge in [-0.1, -0.05) is 18.9 Å². The van der Waals surface area contributed by atoms with Crippen molar-refractivity contribution in [2.75, 3.05) is 6.54 Å². The molecule has 1 fully saturated rings. The van der Waals surface area contributed by atoms with Gasteiger partial charge in [0.1, 0.15) is 0 Å². The largest absolute Gasteiger partial charge is 0.352 e. The molecule has 1 saturated carbocycles. The van der Waals surface area contributed by atoms with Gasteiger partial charge in [-0.3, -0.25) is 4.79 Å². The fraction of sp³-hybridized carbons (Fsp3) is 0.769. The van der Waals surface area contributed by atoms with Gasteiger partial charge in [0, 0.05) is 12.1 Å². The van der Waals surface area contributed by atoms with Crippen LogP contribution in [0.15, 0.2) is 12.7 Å². The third-order valence-electron chi connectivity index (χ3n) is 3.14.